The molecule has 2 heterocycles. The van der Waals surface area contributed by atoms with Gasteiger partial charge in [-0.1, -0.05) is 43.8 Å². The van der Waals surface area contributed by atoms with Crippen molar-refractivity contribution in [1.29, 1.82) is 0 Å². The van der Waals surface area contributed by atoms with Crippen LogP contribution < -0.4 is 5.32 Å². The molecule has 1 amide bonds. The number of aromatic nitrogens is 3. The van der Waals surface area contributed by atoms with E-state index in [4.69, 9.17) is 4.42 Å². The van der Waals surface area contributed by atoms with Crippen LogP contribution in [-0.2, 0) is 4.79 Å². The molecule has 0 saturated heterocycles. The van der Waals surface area contributed by atoms with Gasteiger partial charge in [-0.15, -0.1) is 10.2 Å². The van der Waals surface area contributed by atoms with E-state index in [2.05, 4.69) is 29.4 Å². The number of furan rings is 1. The number of thioether (sulfide) groups is 1. The molecule has 0 saturated carbocycles. The zero-order valence-electron chi connectivity index (χ0n) is 16.0. The van der Waals surface area contributed by atoms with Gasteiger partial charge >= 0.3 is 0 Å². The van der Waals surface area contributed by atoms with Crippen LogP contribution in [0.25, 0.3) is 17.1 Å². The first-order chi connectivity index (χ1) is 13.0. The average molecular weight is 385 g/mol. The monoisotopic (exact) mass is 384 g/mol. The number of aryl methyl sites for hydroxylation is 1. The first-order valence-corrected chi connectivity index (χ1v) is 9.93. The normalized spacial score (nSPS) is 12.3. The molecule has 142 valence electrons. The Morgan fingerprint density at radius 2 is 1.93 bits per heavy atom. The summed E-state index contributed by atoms with van der Waals surface area (Å²) >= 11 is 1.37. The molecule has 6 nitrogen and oxygen atoms in total. The van der Waals surface area contributed by atoms with Gasteiger partial charge in [0, 0.05) is 11.7 Å². The van der Waals surface area contributed by atoms with Crippen molar-refractivity contribution >= 4 is 17.7 Å². The zero-order chi connectivity index (χ0) is 19.4. The lowest BCUT2D eigenvalue weighted by Gasteiger charge is -2.17. The fraction of sp³-hybridized carbons (Fsp3) is 0.350. The second-order valence-electron chi connectivity index (χ2n) is 6.76. The fourth-order valence-electron chi connectivity index (χ4n) is 2.56. The van der Waals surface area contributed by atoms with Gasteiger partial charge in [0.2, 0.25) is 5.91 Å². The van der Waals surface area contributed by atoms with Gasteiger partial charge in [0.25, 0.3) is 0 Å². The highest BCUT2D eigenvalue weighted by molar-refractivity contribution is 7.99. The highest BCUT2D eigenvalue weighted by Gasteiger charge is 2.20. The number of hydrogen-bond donors (Lipinski definition) is 1. The molecule has 1 unspecified atom stereocenters. The Morgan fingerprint density at radius 3 is 2.56 bits per heavy atom. The Balaban J connectivity index is 1.87. The number of amides is 1. The fourth-order valence-corrected chi connectivity index (χ4v) is 3.32. The Bertz CT molecular complexity index is 902. The minimum Gasteiger partial charge on any atom is -0.469 e. The molecule has 1 atom stereocenters. The SMILES string of the molecule is Cc1occc1-c1nnc(SCC(=O)NC(C)C(C)C)n1-c1ccccc1. The van der Waals surface area contributed by atoms with Crippen LogP contribution >= 0.6 is 11.8 Å². The van der Waals surface area contributed by atoms with Crippen LogP contribution in [-0.4, -0.2) is 32.5 Å². The van der Waals surface area contributed by atoms with E-state index in [0.717, 1.165) is 17.0 Å². The highest BCUT2D eigenvalue weighted by Crippen LogP contribution is 2.30. The first-order valence-electron chi connectivity index (χ1n) is 8.95. The Labute approximate surface area is 163 Å². The van der Waals surface area contributed by atoms with E-state index in [-0.39, 0.29) is 17.7 Å². The van der Waals surface area contributed by atoms with E-state index in [0.29, 0.717) is 16.9 Å². The summed E-state index contributed by atoms with van der Waals surface area (Å²) in [6, 6.07) is 11.9. The third-order valence-electron chi connectivity index (χ3n) is 4.47. The second-order valence-corrected chi connectivity index (χ2v) is 7.70. The van der Waals surface area contributed by atoms with Crippen molar-refractivity contribution in [3.05, 3.63) is 48.4 Å². The summed E-state index contributed by atoms with van der Waals surface area (Å²) in [4.78, 5) is 12.3. The van der Waals surface area contributed by atoms with E-state index >= 15 is 0 Å². The standard InChI is InChI=1S/C20H24N4O2S/c1-13(2)14(3)21-18(25)12-27-20-23-22-19(17-10-11-26-15(17)4)24(20)16-8-6-5-7-9-16/h5-11,13-14H,12H2,1-4H3,(H,21,25). The summed E-state index contributed by atoms with van der Waals surface area (Å²) in [5, 5.41) is 12.4. The molecule has 0 aliphatic rings. The van der Waals surface area contributed by atoms with Crippen LogP contribution in [0.5, 0.6) is 0 Å². The van der Waals surface area contributed by atoms with Crippen molar-refractivity contribution < 1.29 is 9.21 Å². The van der Waals surface area contributed by atoms with Crippen molar-refractivity contribution in [1.82, 2.24) is 20.1 Å². The Kier molecular flexibility index (Phi) is 6.01. The molecule has 0 radical (unpaired) electrons. The minimum atomic E-state index is -0.00940. The van der Waals surface area contributed by atoms with E-state index in [1.54, 1.807) is 6.26 Å². The topological polar surface area (TPSA) is 72.9 Å². The van der Waals surface area contributed by atoms with Gasteiger partial charge in [0.1, 0.15) is 5.76 Å². The number of carbonyl (C=O) groups is 1. The Morgan fingerprint density at radius 1 is 1.19 bits per heavy atom. The summed E-state index contributed by atoms with van der Waals surface area (Å²) in [6.07, 6.45) is 1.64. The third-order valence-corrected chi connectivity index (χ3v) is 5.40. The van der Waals surface area contributed by atoms with E-state index < -0.39 is 0 Å². The van der Waals surface area contributed by atoms with Gasteiger partial charge in [-0.25, -0.2) is 0 Å². The van der Waals surface area contributed by atoms with Crippen LogP contribution in [0.3, 0.4) is 0 Å². The maximum Gasteiger partial charge on any atom is 0.230 e. The van der Waals surface area contributed by atoms with E-state index in [1.807, 2.05) is 54.8 Å². The molecule has 27 heavy (non-hydrogen) atoms. The lowest BCUT2D eigenvalue weighted by molar-refractivity contribution is -0.119. The molecule has 3 aromatic rings. The molecular weight excluding hydrogens is 360 g/mol. The highest BCUT2D eigenvalue weighted by atomic mass is 32.2. The Hall–Kier alpha value is -2.54. The predicted octanol–water partition coefficient (Wildman–Crippen LogP) is 4.09. The first kappa shape index (κ1) is 19.2. The van der Waals surface area contributed by atoms with Crippen molar-refractivity contribution in [3.8, 4) is 17.1 Å². The summed E-state index contributed by atoms with van der Waals surface area (Å²) in [5.41, 5.74) is 1.83. The summed E-state index contributed by atoms with van der Waals surface area (Å²) < 4.78 is 7.39. The van der Waals surface area contributed by atoms with Gasteiger partial charge in [0.15, 0.2) is 11.0 Å². The van der Waals surface area contributed by atoms with E-state index in [1.165, 1.54) is 11.8 Å². The lowest BCUT2D eigenvalue weighted by atomic mass is 10.1. The quantitative estimate of drug-likeness (QED) is 0.621. The van der Waals surface area contributed by atoms with Gasteiger partial charge in [-0.05, 0) is 38.0 Å². The number of para-hydroxylation sites is 1. The smallest absolute Gasteiger partial charge is 0.230 e. The molecular formula is C20H24N4O2S. The number of nitrogens with zero attached hydrogens (tertiary/aromatic N) is 3. The van der Waals surface area contributed by atoms with Crippen molar-refractivity contribution in [3.63, 3.8) is 0 Å². The number of benzene rings is 1. The van der Waals surface area contributed by atoms with Crippen molar-refractivity contribution in [2.75, 3.05) is 5.75 Å². The molecule has 2 aromatic heterocycles. The summed E-state index contributed by atoms with van der Waals surface area (Å²) in [6.45, 7) is 8.08. The molecule has 1 aromatic carbocycles. The van der Waals surface area contributed by atoms with Gasteiger partial charge in [-0.3, -0.25) is 9.36 Å². The molecule has 3 rings (SSSR count). The van der Waals surface area contributed by atoms with Gasteiger partial charge < -0.3 is 9.73 Å². The van der Waals surface area contributed by atoms with Crippen LogP contribution in [0, 0.1) is 12.8 Å². The van der Waals surface area contributed by atoms with Crippen LogP contribution in [0.2, 0.25) is 0 Å². The van der Waals surface area contributed by atoms with Crippen LogP contribution in [0.1, 0.15) is 26.5 Å². The number of nitrogens with one attached hydrogen (secondary N) is 1. The molecule has 1 N–H and O–H groups in total. The molecule has 0 aliphatic carbocycles. The molecule has 0 spiro atoms. The number of hydrogen-bond acceptors (Lipinski definition) is 5. The maximum atomic E-state index is 12.3. The number of carbonyl (C=O) groups excluding carboxylic acids is 1. The largest absolute Gasteiger partial charge is 0.469 e. The van der Waals surface area contributed by atoms with Crippen LogP contribution in [0.4, 0.5) is 0 Å². The summed E-state index contributed by atoms with van der Waals surface area (Å²) in [5.74, 6) is 2.14. The molecule has 0 aliphatic heterocycles. The predicted molar refractivity (Wildman–Crippen MR) is 107 cm³/mol. The molecule has 0 bridgehead atoms. The van der Waals surface area contributed by atoms with Crippen molar-refractivity contribution in [2.45, 2.75) is 38.9 Å². The maximum absolute atomic E-state index is 12.3. The van der Waals surface area contributed by atoms with Crippen LogP contribution in [0.15, 0.2) is 52.2 Å². The molecule has 7 heteroatoms. The number of rotatable bonds is 7. The minimum absolute atomic E-state index is 0.00940. The molecule has 0 fully saturated rings. The van der Waals surface area contributed by atoms with Crippen molar-refractivity contribution in [2.24, 2.45) is 5.92 Å². The van der Waals surface area contributed by atoms with Gasteiger partial charge in [0.05, 0.1) is 17.6 Å². The zero-order valence-corrected chi connectivity index (χ0v) is 16.8. The third kappa shape index (κ3) is 4.42. The lowest BCUT2D eigenvalue weighted by Crippen LogP contribution is -2.37. The average Bonchev–Trinajstić information content (AvgIpc) is 3.26. The second kappa shape index (κ2) is 8.43. The van der Waals surface area contributed by atoms with Gasteiger partial charge in [-0.2, -0.15) is 0 Å². The summed E-state index contributed by atoms with van der Waals surface area (Å²) in [7, 11) is 0. The van der Waals surface area contributed by atoms with E-state index in [9.17, 15) is 4.79 Å².